The number of carbonyl (C=O) groups is 2. The molecule has 0 fully saturated rings. The summed E-state index contributed by atoms with van der Waals surface area (Å²) in [5, 5.41) is 2.72. The van der Waals surface area contributed by atoms with Gasteiger partial charge in [-0.1, -0.05) is 32.4 Å². The van der Waals surface area contributed by atoms with Crippen LogP contribution in [0, 0.1) is 0 Å². The maximum absolute atomic E-state index is 11.5. The standard InChI is InChI=1S/C31H71NO9Si7/c1-17-35-30(33)24-20-19-22-26-42(3,4)37-44(7,8)28-29-45(9,10)39-47(13,14)41-48(15,16)40-46(11,12)38-43(5,6)27-23-21-25-32-31(34)36-18-2/h17-18H,1-2,19-29H2,3-16H3,(H,32,34). The van der Waals surface area contributed by atoms with Gasteiger partial charge in [0.05, 0.1) is 12.5 Å². The quantitative estimate of drug-likeness (QED) is 0.0396. The van der Waals surface area contributed by atoms with Crippen LogP contribution in [-0.4, -0.2) is 77.6 Å². The fourth-order valence-electron chi connectivity index (χ4n) is 6.26. The molecular weight excluding hydrogens is 727 g/mol. The zero-order chi connectivity index (χ0) is 37.5. The number of rotatable bonds is 26. The molecule has 1 amide bonds. The van der Waals surface area contributed by atoms with Gasteiger partial charge >= 0.3 is 37.7 Å². The molecule has 0 saturated carbocycles. The summed E-state index contributed by atoms with van der Waals surface area (Å²) in [7, 11) is -15.2. The highest BCUT2D eigenvalue weighted by atomic mass is 28.5. The lowest BCUT2D eigenvalue weighted by Crippen LogP contribution is -2.58. The van der Waals surface area contributed by atoms with E-state index in [1.54, 1.807) is 0 Å². The van der Waals surface area contributed by atoms with Crippen LogP contribution in [0.1, 0.15) is 38.5 Å². The Morgan fingerprint density at radius 2 is 0.896 bits per heavy atom. The van der Waals surface area contributed by atoms with Crippen LogP contribution in [0.25, 0.3) is 0 Å². The number of esters is 1. The lowest BCUT2D eigenvalue weighted by atomic mass is 10.2. The molecule has 17 heteroatoms. The summed E-state index contributed by atoms with van der Waals surface area (Å²) in [4.78, 5) is 23.0. The van der Waals surface area contributed by atoms with Gasteiger partial charge in [-0.3, -0.25) is 4.79 Å². The van der Waals surface area contributed by atoms with Crippen molar-refractivity contribution in [1.82, 2.24) is 5.32 Å². The molecule has 282 valence electrons. The average Bonchev–Trinajstić information content (AvgIpc) is 2.84. The summed E-state index contributed by atoms with van der Waals surface area (Å²) in [6.07, 6.45) is 7.03. The number of nitrogens with one attached hydrogen (secondary N) is 1. The average molecular weight is 799 g/mol. The molecule has 0 aromatic carbocycles. The predicted octanol–water partition coefficient (Wildman–Crippen LogP) is 9.89. The number of alkyl carbamates (subject to hydrolysis) is 1. The number of unbranched alkanes of at least 4 members (excludes halogenated alkanes) is 3. The van der Waals surface area contributed by atoms with Crippen molar-refractivity contribution in [2.24, 2.45) is 0 Å². The highest BCUT2D eigenvalue weighted by Gasteiger charge is 2.46. The Morgan fingerprint density at radius 3 is 1.38 bits per heavy atom. The van der Waals surface area contributed by atoms with Crippen molar-refractivity contribution in [2.75, 3.05) is 6.54 Å². The molecule has 0 saturated heterocycles. The van der Waals surface area contributed by atoms with Crippen molar-refractivity contribution in [3.63, 3.8) is 0 Å². The maximum Gasteiger partial charge on any atom is 0.411 e. The third-order valence-electron chi connectivity index (χ3n) is 7.45. The molecule has 0 unspecified atom stereocenters. The molecule has 0 aliphatic rings. The number of amides is 1. The fraction of sp³-hybridized carbons (Fsp3) is 0.806. The molecule has 0 aliphatic carbocycles. The second kappa shape index (κ2) is 20.5. The van der Waals surface area contributed by atoms with Gasteiger partial charge in [0.25, 0.3) is 0 Å². The molecular formula is C31H71NO9Si7. The van der Waals surface area contributed by atoms with E-state index in [4.69, 9.17) is 30.0 Å². The van der Waals surface area contributed by atoms with Crippen molar-refractivity contribution in [3.05, 3.63) is 25.7 Å². The third kappa shape index (κ3) is 24.6. The molecule has 0 aromatic rings. The highest BCUT2D eigenvalue weighted by Crippen LogP contribution is 2.31. The fourth-order valence-corrected chi connectivity index (χ4v) is 42.6. The predicted molar refractivity (Wildman–Crippen MR) is 216 cm³/mol. The molecule has 1 N–H and O–H groups in total. The van der Waals surface area contributed by atoms with Gasteiger partial charge < -0.3 is 35.4 Å². The molecule has 0 aromatic heterocycles. The summed E-state index contributed by atoms with van der Waals surface area (Å²) in [6, 6.07) is 4.19. The molecule has 0 radical (unpaired) electrons. The Morgan fingerprint density at radius 1 is 0.500 bits per heavy atom. The van der Waals surface area contributed by atoms with Gasteiger partial charge in [0, 0.05) is 13.0 Å². The number of hydrogen-bond acceptors (Lipinski definition) is 9. The van der Waals surface area contributed by atoms with E-state index in [0.717, 1.165) is 62.5 Å². The van der Waals surface area contributed by atoms with Gasteiger partial charge in [0.1, 0.15) is 0 Å². The van der Waals surface area contributed by atoms with E-state index in [9.17, 15) is 9.59 Å². The first-order valence-corrected chi connectivity index (χ1v) is 38.4. The van der Waals surface area contributed by atoms with Crippen molar-refractivity contribution in [1.29, 1.82) is 0 Å². The minimum absolute atomic E-state index is 0.208. The van der Waals surface area contributed by atoms with Crippen molar-refractivity contribution >= 4 is 71.0 Å². The molecule has 48 heavy (non-hydrogen) atoms. The van der Waals surface area contributed by atoms with Gasteiger partial charge in [-0.05, 0) is 129 Å². The minimum atomic E-state index is -2.55. The van der Waals surface area contributed by atoms with Gasteiger partial charge in [0.2, 0.25) is 0 Å². The molecule has 0 spiro atoms. The van der Waals surface area contributed by atoms with Crippen LogP contribution >= 0.6 is 0 Å². The SMILES string of the molecule is C=COC(=O)CCCCC[Si](C)(C)O[Si](C)(C)CC[Si](C)(C)O[Si](C)(C)O[Si](C)(C)O[Si](C)(C)O[Si](C)(C)CCCCNC(=O)OC=C. The van der Waals surface area contributed by atoms with E-state index in [-0.39, 0.29) is 5.97 Å². The van der Waals surface area contributed by atoms with Crippen molar-refractivity contribution in [2.45, 2.75) is 154 Å². The van der Waals surface area contributed by atoms with Crippen LogP contribution in [0.2, 0.25) is 116 Å². The lowest BCUT2D eigenvalue weighted by molar-refractivity contribution is -0.138. The van der Waals surface area contributed by atoms with Crippen LogP contribution < -0.4 is 5.32 Å². The molecule has 0 heterocycles. The second-order valence-electron chi connectivity index (χ2n) is 16.4. The molecule has 0 atom stereocenters. The Kier molecular flexibility index (Phi) is 20.3. The van der Waals surface area contributed by atoms with E-state index >= 15 is 0 Å². The lowest BCUT2D eigenvalue weighted by Gasteiger charge is -2.43. The van der Waals surface area contributed by atoms with Crippen molar-refractivity contribution < 1.29 is 39.6 Å². The van der Waals surface area contributed by atoms with E-state index < -0.39 is 65.0 Å². The summed E-state index contributed by atoms with van der Waals surface area (Å²) < 4.78 is 43.7. The normalized spacial score (nSPS) is 13.6. The van der Waals surface area contributed by atoms with Crippen LogP contribution in [0.5, 0.6) is 0 Å². The summed E-state index contributed by atoms with van der Waals surface area (Å²) >= 11 is 0. The largest absolute Gasteiger partial charge is 0.456 e. The van der Waals surface area contributed by atoms with E-state index in [1.807, 2.05) is 0 Å². The van der Waals surface area contributed by atoms with Crippen LogP contribution in [0.15, 0.2) is 25.7 Å². The van der Waals surface area contributed by atoms with Gasteiger partial charge in [0.15, 0.2) is 33.3 Å². The number of ether oxygens (including phenoxy) is 2. The minimum Gasteiger partial charge on any atom is -0.456 e. The molecule has 0 bridgehead atoms. The number of carbonyl (C=O) groups excluding carboxylic acids is 2. The molecule has 10 nitrogen and oxygen atoms in total. The summed E-state index contributed by atoms with van der Waals surface area (Å²) in [5.41, 5.74) is 0. The van der Waals surface area contributed by atoms with E-state index in [2.05, 4.69) is 110 Å². The van der Waals surface area contributed by atoms with Gasteiger partial charge in [-0.15, -0.1) is 0 Å². The van der Waals surface area contributed by atoms with Gasteiger partial charge in [-0.2, -0.15) is 0 Å². The number of hydrogen-bond donors (Lipinski definition) is 1. The highest BCUT2D eigenvalue weighted by molar-refractivity contribution is 6.91. The first-order chi connectivity index (χ1) is 21.7. The Balaban J connectivity index is 4.92. The second-order valence-corrected chi connectivity index (χ2v) is 45.0. The zero-order valence-electron chi connectivity index (χ0n) is 33.0. The Hall–Kier alpha value is -0.462. The van der Waals surface area contributed by atoms with E-state index in [1.165, 1.54) is 6.26 Å². The zero-order valence-corrected chi connectivity index (χ0v) is 40.0. The first-order valence-electron chi connectivity index (χ1n) is 17.5. The Bertz CT molecular complexity index is 1020. The van der Waals surface area contributed by atoms with Gasteiger partial charge in [-0.25, -0.2) is 4.79 Å². The summed E-state index contributed by atoms with van der Waals surface area (Å²) in [6.45, 7) is 38.6. The topological polar surface area (TPSA) is 111 Å². The van der Waals surface area contributed by atoms with Crippen LogP contribution in [0.4, 0.5) is 4.79 Å². The Labute approximate surface area is 301 Å². The smallest absolute Gasteiger partial charge is 0.411 e. The van der Waals surface area contributed by atoms with E-state index in [0.29, 0.717) is 13.0 Å². The molecule has 0 aliphatic heterocycles. The third-order valence-corrected chi connectivity index (χ3v) is 34.6. The van der Waals surface area contributed by atoms with Crippen molar-refractivity contribution in [3.8, 4) is 0 Å². The monoisotopic (exact) mass is 797 g/mol. The maximum atomic E-state index is 11.5. The molecule has 0 rings (SSSR count). The summed E-state index contributed by atoms with van der Waals surface area (Å²) in [5.74, 6) is -0.208. The first kappa shape index (κ1) is 47.5. The van der Waals surface area contributed by atoms with Crippen LogP contribution in [-0.2, 0) is 34.8 Å². The van der Waals surface area contributed by atoms with Crippen LogP contribution in [0.3, 0.4) is 0 Å².